The van der Waals surface area contributed by atoms with Gasteiger partial charge in [0.2, 0.25) is 11.0 Å². The van der Waals surface area contributed by atoms with Crippen LogP contribution in [0.5, 0.6) is 0 Å². The molecule has 2 aromatic rings. The predicted molar refractivity (Wildman–Crippen MR) is 85.9 cm³/mol. The zero-order chi connectivity index (χ0) is 15.2. The Kier molecular flexibility index (Phi) is 6.00. The zero-order valence-electron chi connectivity index (χ0n) is 11.9. The average molecular weight is 344 g/mol. The van der Waals surface area contributed by atoms with E-state index >= 15 is 0 Å². The number of carbonyl (C=O) groups is 1. The van der Waals surface area contributed by atoms with E-state index in [4.69, 9.17) is 0 Å². The molecule has 1 unspecified atom stereocenters. The quantitative estimate of drug-likeness (QED) is 0.609. The van der Waals surface area contributed by atoms with E-state index in [0.29, 0.717) is 11.6 Å². The van der Waals surface area contributed by atoms with Crippen LogP contribution in [-0.4, -0.2) is 41.9 Å². The second-order valence-corrected chi connectivity index (χ2v) is 7.69. The Hall–Kier alpha value is -1.13. The van der Waals surface area contributed by atoms with Gasteiger partial charge in [0.15, 0.2) is 9.50 Å². The van der Waals surface area contributed by atoms with Crippen molar-refractivity contribution in [1.82, 2.24) is 25.0 Å². The van der Waals surface area contributed by atoms with E-state index in [0.717, 1.165) is 15.2 Å². The molecule has 10 heteroatoms. The summed E-state index contributed by atoms with van der Waals surface area (Å²) in [6, 6.07) is 0. The Morgan fingerprint density at radius 3 is 2.86 bits per heavy atom. The van der Waals surface area contributed by atoms with E-state index < -0.39 is 0 Å². The Morgan fingerprint density at radius 2 is 2.24 bits per heavy atom. The first-order valence-corrected chi connectivity index (χ1v) is 9.10. The summed E-state index contributed by atoms with van der Waals surface area (Å²) in [6.07, 6.45) is 2.31. The number of hydrogen-bond donors (Lipinski definition) is 1. The highest BCUT2D eigenvalue weighted by Crippen LogP contribution is 2.27. The molecule has 114 valence electrons. The van der Waals surface area contributed by atoms with Gasteiger partial charge in [0.1, 0.15) is 6.33 Å². The summed E-state index contributed by atoms with van der Waals surface area (Å²) in [6.45, 7) is 4.01. The number of nitrogens with zero attached hydrogens (tertiary/aromatic N) is 5. The standard InChI is InChI=1S/C11H16N6OS3/c1-4-7(20-10-15-12-6-17(10)3)8(18)13-9-14-16-11(21-9)19-5-2/h6-7H,4-5H2,1-3H3,(H,13,14,18). The van der Waals surface area contributed by atoms with Crippen LogP contribution < -0.4 is 5.32 Å². The minimum Gasteiger partial charge on any atom is -0.312 e. The first-order chi connectivity index (χ1) is 10.1. The number of nitrogens with one attached hydrogen (secondary N) is 1. The Balaban J connectivity index is 1.97. The summed E-state index contributed by atoms with van der Waals surface area (Å²) in [5, 5.41) is 19.6. The van der Waals surface area contributed by atoms with Crippen molar-refractivity contribution in [1.29, 1.82) is 0 Å². The number of aryl methyl sites for hydroxylation is 1. The maximum Gasteiger partial charge on any atom is 0.239 e. The highest BCUT2D eigenvalue weighted by atomic mass is 32.2. The van der Waals surface area contributed by atoms with Gasteiger partial charge in [-0.05, 0) is 12.2 Å². The van der Waals surface area contributed by atoms with Crippen LogP contribution in [0, 0.1) is 0 Å². The van der Waals surface area contributed by atoms with E-state index in [-0.39, 0.29) is 11.2 Å². The molecule has 21 heavy (non-hydrogen) atoms. The molecule has 1 amide bonds. The van der Waals surface area contributed by atoms with E-state index in [2.05, 4.69) is 32.6 Å². The highest BCUT2D eigenvalue weighted by Gasteiger charge is 2.21. The third-order valence-electron chi connectivity index (χ3n) is 2.49. The molecule has 0 fully saturated rings. The van der Waals surface area contributed by atoms with Gasteiger partial charge in [-0.15, -0.1) is 20.4 Å². The van der Waals surface area contributed by atoms with E-state index in [1.807, 2.05) is 14.0 Å². The molecular weight excluding hydrogens is 328 g/mol. The molecule has 0 aliphatic heterocycles. The van der Waals surface area contributed by atoms with Gasteiger partial charge in [0.25, 0.3) is 0 Å². The van der Waals surface area contributed by atoms with Crippen molar-refractivity contribution >= 4 is 45.9 Å². The molecule has 0 bridgehead atoms. The summed E-state index contributed by atoms with van der Waals surface area (Å²) in [4.78, 5) is 12.3. The van der Waals surface area contributed by atoms with E-state index in [9.17, 15) is 4.79 Å². The predicted octanol–water partition coefficient (Wildman–Crippen LogP) is 2.29. The van der Waals surface area contributed by atoms with Crippen LogP contribution in [0.2, 0.25) is 0 Å². The molecule has 0 aliphatic carbocycles. The van der Waals surface area contributed by atoms with Crippen LogP contribution in [0.4, 0.5) is 5.13 Å². The molecule has 0 saturated carbocycles. The van der Waals surface area contributed by atoms with Gasteiger partial charge in [0, 0.05) is 7.05 Å². The number of carbonyl (C=O) groups excluding carboxylic acids is 1. The van der Waals surface area contributed by atoms with Gasteiger partial charge in [-0.25, -0.2) is 0 Å². The normalized spacial score (nSPS) is 12.3. The van der Waals surface area contributed by atoms with Crippen molar-refractivity contribution in [3.8, 4) is 0 Å². The molecule has 1 atom stereocenters. The highest BCUT2D eigenvalue weighted by molar-refractivity contribution is 8.01. The van der Waals surface area contributed by atoms with Crippen molar-refractivity contribution in [3.63, 3.8) is 0 Å². The molecular formula is C11H16N6OS3. The summed E-state index contributed by atoms with van der Waals surface area (Å²) in [7, 11) is 1.85. The van der Waals surface area contributed by atoms with Crippen LogP contribution in [0.25, 0.3) is 0 Å². The SMILES string of the molecule is CCSc1nnc(NC(=O)C(CC)Sc2nncn2C)s1. The maximum absolute atomic E-state index is 12.3. The van der Waals surface area contributed by atoms with Gasteiger partial charge >= 0.3 is 0 Å². The molecule has 7 nitrogen and oxygen atoms in total. The van der Waals surface area contributed by atoms with Gasteiger partial charge in [-0.1, -0.05) is 48.7 Å². The van der Waals surface area contributed by atoms with Crippen LogP contribution in [0.15, 0.2) is 15.8 Å². The van der Waals surface area contributed by atoms with E-state index in [1.54, 1.807) is 22.7 Å². The van der Waals surface area contributed by atoms with Crippen molar-refractivity contribution < 1.29 is 4.79 Å². The minimum absolute atomic E-state index is 0.0882. The zero-order valence-corrected chi connectivity index (χ0v) is 14.4. The number of aromatic nitrogens is 5. The van der Waals surface area contributed by atoms with Crippen LogP contribution >= 0.6 is 34.9 Å². The molecule has 2 aromatic heterocycles. The van der Waals surface area contributed by atoms with Gasteiger partial charge in [0.05, 0.1) is 5.25 Å². The Morgan fingerprint density at radius 1 is 1.43 bits per heavy atom. The van der Waals surface area contributed by atoms with Gasteiger partial charge in [-0.2, -0.15) is 0 Å². The number of amides is 1. The third-order valence-corrected chi connectivity index (χ3v) is 5.75. The lowest BCUT2D eigenvalue weighted by atomic mass is 10.3. The first-order valence-electron chi connectivity index (χ1n) is 6.41. The average Bonchev–Trinajstić information content (AvgIpc) is 3.06. The lowest BCUT2D eigenvalue weighted by molar-refractivity contribution is -0.115. The molecule has 2 heterocycles. The fourth-order valence-electron chi connectivity index (χ4n) is 1.46. The maximum atomic E-state index is 12.3. The molecule has 0 saturated heterocycles. The number of anilines is 1. The monoisotopic (exact) mass is 344 g/mol. The second kappa shape index (κ2) is 7.76. The lowest BCUT2D eigenvalue weighted by Crippen LogP contribution is -2.24. The van der Waals surface area contributed by atoms with Crippen molar-refractivity contribution in [2.75, 3.05) is 11.1 Å². The second-order valence-electron chi connectivity index (χ2n) is 4.03. The summed E-state index contributed by atoms with van der Waals surface area (Å²) in [5.74, 6) is 0.844. The van der Waals surface area contributed by atoms with Gasteiger partial charge in [-0.3, -0.25) is 10.1 Å². The molecule has 0 spiro atoms. The summed E-state index contributed by atoms with van der Waals surface area (Å²) in [5.41, 5.74) is 0. The van der Waals surface area contributed by atoms with E-state index in [1.165, 1.54) is 23.1 Å². The van der Waals surface area contributed by atoms with Crippen molar-refractivity contribution in [2.24, 2.45) is 7.05 Å². The van der Waals surface area contributed by atoms with Crippen LogP contribution in [-0.2, 0) is 11.8 Å². The van der Waals surface area contributed by atoms with Crippen molar-refractivity contribution in [3.05, 3.63) is 6.33 Å². The number of rotatable bonds is 7. The molecule has 0 aliphatic rings. The van der Waals surface area contributed by atoms with Crippen LogP contribution in [0.3, 0.4) is 0 Å². The van der Waals surface area contributed by atoms with Crippen LogP contribution in [0.1, 0.15) is 20.3 Å². The Bertz CT molecular complexity index is 598. The molecule has 0 aromatic carbocycles. The molecule has 2 rings (SSSR count). The molecule has 0 radical (unpaired) electrons. The lowest BCUT2D eigenvalue weighted by Gasteiger charge is -2.12. The fraction of sp³-hybridized carbons (Fsp3) is 0.545. The van der Waals surface area contributed by atoms with Gasteiger partial charge < -0.3 is 4.57 Å². The topological polar surface area (TPSA) is 85.6 Å². The smallest absolute Gasteiger partial charge is 0.239 e. The third kappa shape index (κ3) is 4.42. The number of hydrogen-bond acceptors (Lipinski definition) is 8. The Labute approximate surface area is 135 Å². The molecule has 1 N–H and O–H groups in total. The van der Waals surface area contributed by atoms with Crippen molar-refractivity contribution in [2.45, 2.75) is 35.0 Å². The summed E-state index contributed by atoms with van der Waals surface area (Å²) < 4.78 is 2.66. The first kappa shape index (κ1) is 16.2. The fourth-order valence-corrected chi connectivity index (χ4v) is 4.00. The largest absolute Gasteiger partial charge is 0.312 e. The minimum atomic E-state index is -0.237. The number of thioether (sulfide) groups is 2. The summed E-state index contributed by atoms with van der Waals surface area (Å²) >= 11 is 4.40.